The summed E-state index contributed by atoms with van der Waals surface area (Å²) in [5.41, 5.74) is -13.1. The summed E-state index contributed by atoms with van der Waals surface area (Å²) in [4.78, 5) is 4.29. The number of halogens is 20. The number of rotatable bonds is 14. The average Bonchev–Trinajstić information content (AvgIpc) is 3.31. The molecule has 0 atom stereocenters. The molecule has 0 amide bonds. The molecule has 1 aromatic heterocycles. The van der Waals surface area contributed by atoms with E-state index in [0.717, 1.165) is 19.6 Å². The molecule has 0 radical (unpaired) electrons. The Bertz CT molecular complexity index is 2430. The minimum absolute atomic E-state index is 0.715. The Labute approximate surface area is 365 Å². The van der Waals surface area contributed by atoms with Crippen LogP contribution in [-0.4, -0.2) is 17.7 Å². The number of unbranched alkanes of at least 4 members (excludes halogenated alkanes) is 5. The lowest BCUT2D eigenvalue weighted by Crippen LogP contribution is -2.81. The Balaban J connectivity index is 0.000000319. The third-order valence-corrected chi connectivity index (χ3v) is 10.4. The highest BCUT2D eigenvalue weighted by Gasteiger charge is 2.52. The largest absolute Gasteiger partial charge is 0.473 e. The first-order chi connectivity index (χ1) is 31.6. The highest BCUT2D eigenvalue weighted by Crippen LogP contribution is 2.31. The van der Waals surface area contributed by atoms with Gasteiger partial charge in [-0.3, -0.25) is 0 Å². The average molecular weight is 978 g/mol. The lowest BCUT2D eigenvalue weighted by molar-refractivity contribution is -0.689. The van der Waals surface area contributed by atoms with E-state index in [1.807, 2.05) is 18.5 Å². The standard InChI is InChI=1S/C24BF20.C19H27N2O/c26-5-1(6(27)14(35)21(42)13(5)34)25(2-7(28)15(36)22(43)16(37)8(2)29,3-9(30)17(38)23(44)18(39)10(3)31)4-11(32)19(40)24(45)20(41)12(4)33;1-2-3-4-5-6-10-15-22-19-17-21(14-13-20-19)16-18-11-8-7-9-12-18/h;7-9,11-14,17H,2-6,10,15-16H2,1H3/q-1;+1. The van der Waals surface area contributed by atoms with E-state index < -0.39 is 144 Å². The summed E-state index contributed by atoms with van der Waals surface area (Å²) in [5.74, 6) is -70.7. The van der Waals surface area contributed by atoms with Crippen LogP contribution in [0.3, 0.4) is 0 Å². The van der Waals surface area contributed by atoms with Gasteiger partial charge in [0.1, 0.15) is 52.7 Å². The van der Waals surface area contributed by atoms with Crippen LogP contribution < -0.4 is 31.2 Å². The van der Waals surface area contributed by atoms with Crippen molar-refractivity contribution in [3.8, 4) is 5.88 Å². The predicted molar refractivity (Wildman–Crippen MR) is 198 cm³/mol. The maximum atomic E-state index is 15.4. The molecule has 0 aliphatic rings. The lowest BCUT2D eigenvalue weighted by atomic mass is 9.12. The van der Waals surface area contributed by atoms with E-state index in [-0.39, 0.29) is 0 Å². The molecule has 1 heterocycles. The zero-order chi connectivity index (χ0) is 49.8. The topological polar surface area (TPSA) is 26.0 Å². The van der Waals surface area contributed by atoms with E-state index in [0.29, 0.717) is 5.88 Å². The third-order valence-electron chi connectivity index (χ3n) is 10.4. The van der Waals surface area contributed by atoms with Crippen LogP contribution in [0.4, 0.5) is 87.8 Å². The van der Waals surface area contributed by atoms with E-state index in [2.05, 4.69) is 40.7 Å². The number of nitrogens with zero attached hydrogens (tertiary/aromatic N) is 2. The molecule has 0 aliphatic carbocycles. The van der Waals surface area contributed by atoms with Crippen LogP contribution in [0.1, 0.15) is 51.0 Å². The first kappa shape index (κ1) is 51.6. The van der Waals surface area contributed by atoms with E-state index in [4.69, 9.17) is 4.74 Å². The molecule has 6 rings (SSSR count). The van der Waals surface area contributed by atoms with E-state index in [1.54, 1.807) is 6.20 Å². The Kier molecular flexibility index (Phi) is 16.2. The fourth-order valence-corrected chi connectivity index (χ4v) is 7.31. The van der Waals surface area contributed by atoms with Crippen molar-refractivity contribution in [1.29, 1.82) is 0 Å². The van der Waals surface area contributed by atoms with Gasteiger partial charge in [-0.25, -0.2) is 92.8 Å². The highest BCUT2D eigenvalue weighted by atomic mass is 19.2. The van der Waals surface area contributed by atoms with Crippen molar-refractivity contribution < 1.29 is 97.1 Å². The predicted octanol–water partition coefficient (Wildman–Crippen LogP) is 10.0. The Morgan fingerprint density at radius 2 is 0.731 bits per heavy atom. The van der Waals surface area contributed by atoms with Gasteiger partial charge in [0, 0.05) is 5.56 Å². The second kappa shape index (κ2) is 21.1. The van der Waals surface area contributed by atoms with Crippen molar-refractivity contribution in [2.24, 2.45) is 0 Å². The molecule has 0 bridgehead atoms. The van der Waals surface area contributed by atoms with Crippen molar-refractivity contribution in [1.82, 2.24) is 4.98 Å². The molecule has 0 spiro atoms. The van der Waals surface area contributed by atoms with Crippen LogP contribution in [0, 0.1) is 116 Å². The molecular formula is C43H27BF20N2O. The summed E-state index contributed by atoms with van der Waals surface area (Å²) in [6.07, 6.45) is 6.20. The smallest absolute Gasteiger partial charge is 0.279 e. The van der Waals surface area contributed by atoms with Crippen molar-refractivity contribution in [3.63, 3.8) is 0 Å². The molecule has 0 aliphatic heterocycles. The lowest BCUT2D eigenvalue weighted by Gasteiger charge is -2.44. The molecule has 6 aromatic rings. The minimum Gasteiger partial charge on any atom is -0.473 e. The van der Waals surface area contributed by atoms with Gasteiger partial charge in [0.15, 0.2) is 82.5 Å². The SMILES string of the molecule is CCCCCCCCOc1c[n+](Cc2ccccc2)ccn1.Fc1c(F)c(F)c([B-](c2c(F)c(F)c(F)c(F)c2F)(c2c(F)c(F)c(F)c(F)c2F)c2c(F)c(F)c(F)c(F)c2F)c(F)c1F. The second-order valence-electron chi connectivity index (χ2n) is 14.5. The highest BCUT2D eigenvalue weighted by molar-refractivity contribution is 7.20. The molecule has 0 fully saturated rings. The fraction of sp³-hybridized carbons (Fsp3) is 0.209. The van der Waals surface area contributed by atoms with Gasteiger partial charge in [-0.15, -0.1) is 21.9 Å². The summed E-state index contributed by atoms with van der Waals surface area (Å²) in [6, 6.07) is 10.4. The van der Waals surface area contributed by atoms with Crippen LogP contribution in [0.2, 0.25) is 0 Å². The zero-order valence-electron chi connectivity index (χ0n) is 33.7. The molecule has 358 valence electrons. The van der Waals surface area contributed by atoms with Gasteiger partial charge >= 0.3 is 0 Å². The Morgan fingerprint density at radius 3 is 1.07 bits per heavy atom. The van der Waals surface area contributed by atoms with Crippen LogP contribution in [0.5, 0.6) is 5.88 Å². The summed E-state index contributed by atoms with van der Waals surface area (Å²) in [7, 11) is 0. The molecule has 0 saturated heterocycles. The van der Waals surface area contributed by atoms with Gasteiger partial charge in [0.25, 0.3) is 5.88 Å². The van der Waals surface area contributed by atoms with Crippen molar-refractivity contribution in [2.75, 3.05) is 6.61 Å². The monoisotopic (exact) mass is 978 g/mol. The van der Waals surface area contributed by atoms with Crippen LogP contribution >= 0.6 is 0 Å². The summed E-state index contributed by atoms with van der Waals surface area (Å²) in [6.45, 7) is 3.85. The first-order valence-electron chi connectivity index (χ1n) is 19.3. The number of ether oxygens (including phenoxy) is 1. The van der Waals surface area contributed by atoms with E-state index in [1.165, 1.54) is 37.7 Å². The van der Waals surface area contributed by atoms with Gasteiger partial charge in [-0.05, 0) is 6.42 Å². The van der Waals surface area contributed by atoms with Crippen LogP contribution in [-0.2, 0) is 6.54 Å². The summed E-state index contributed by atoms with van der Waals surface area (Å²) < 4.78 is 302. The van der Waals surface area contributed by atoms with Gasteiger partial charge in [0.05, 0.1) is 12.8 Å². The van der Waals surface area contributed by atoms with Crippen molar-refractivity contribution >= 4 is 28.0 Å². The zero-order valence-corrected chi connectivity index (χ0v) is 33.7. The van der Waals surface area contributed by atoms with E-state index >= 15 is 35.1 Å². The van der Waals surface area contributed by atoms with Gasteiger partial charge in [0.2, 0.25) is 6.20 Å². The Hall–Kier alpha value is -6.36. The number of aromatic nitrogens is 2. The van der Waals surface area contributed by atoms with Crippen LogP contribution in [0.25, 0.3) is 0 Å². The normalized spacial score (nSPS) is 11.5. The molecule has 24 heteroatoms. The minimum atomic E-state index is -7.22. The summed E-state index contributed by atoms with van der Waals surface area (Å²) in [5, 5.41) is 0. The second-order valence-corrected chi connectivity index (χ2v) is 14.5. The Morgan fingerprint density at radius 1 is 0.418 bits per heavy atom. The molecular weight excluding hydrogens is 951 g/mol. The first-order valence-corrected chi connectivity index (χ1v) is 19.3. The van der Waals surface area contributed by atoms with Crippen LogP contribution in [0.15, 0.2) is 48.9 Å². The van der Waals surface area contributed by atoms with E-state index in [9.17, 15) is 52.7 Å². The third kappa shape index (κ3) is 9.47. The fourth-order valence-electron chi connectivity index (χ4n) is 7.31. The molecule has 0 N–H and O–H groups in total. The van der Waals surface area contributed by atoms with Crippen molar-refractivity contribution in [2.45, 2.75) is 52.0 Å². The molecule has 0 unspecified atom stereocenters. The van der Waals surface area contributed by atoms with Crippen molar-refractivity contribution in [3.05, 3.63) is 171 Å². The summed E-state index contributed by atoms with van der Waals surface area (Å²) >= 11 is 0. The number of benzene rings is 5. The number of hydrogen-bond acceptors (Lipinski definition) is 2. The molecule has 0 saturated carbocycles. The quantitative estimate of drug-likeness (QED) is 0.0272. The van der Waals surface area contributed by atoms with Gasteiger partial charge < -0.3 is 4.74 Å². The maximum absolute atomic E-state index is 15.4. The van der Waals surface area contributed by atoms with Gasteiger partial charge in [-0.2, -0.15) is 4.57 Å². The number of hydrogen-bond donors (Lipinski definition) is 0. The molecule has 5 aromatic carbocycles. The maximum Gasteiger partial charge on any atom is 0.279 e. The molecule has 67 heavy (non-hydrogen) atoms. The molecule has 3 nitrogen and oxygen atoms in total. The van der Waals surface area contributed by atoms with Gasteiger partial charge in [-0.1, -0.05) is 69.4 Å².